The number of ether oxygens (including phenoxy) is 1. The Bertz CT molecular complexity index is 674. The molecule has 0 fully saturated rings. The number of aryl methyl sites for hydroxylation is 1. The number of benzene rings is 2. The molecule has 0 saturated heterocycles. The molecule has 23 heavy (non-hydrogen) atoms. The van der Waals surface area contributed by atoms with E-state index in [1.165, 1.54) is 12.1 Å². The Morgan fingerprint density at radius 3 is 2.78 bits per heavy atom. The molecule has 0 aliphatic rings. The van der Waals surface area contributed by atoms with Crippen LogP contribution >= 0.6 is 0 Å². The van der Waals surface area contributed by atoms with Crippen molar-refractivity contribution in [2.45, 2.75) is 26.2 Å². The van der Waals surface area contributed by atoms with Crippen LogP contribution in [0.4, 0.5) is 15.8 Å². The van der Waals surface area contributed by atoms with Crippen molar-refractivity contribution in [2.24, 2.45) is 0 Å². The maximum Gasteiger partial charge on any atom is 0.224 e. The van der Waals surface area contributed by atoms with Gasteiger partial charge >= 0.3 is 0 Å². The number of nitrogens with two attached hydrogens (primary N) is 1. The average molecular weight is 316 g/mol. The van der Waals surface area contributed by atoms with E-state index >= 15 is 0 Å². The maximum atomic E-state index is 13.1. The summed E-state index contributed by atoms with van der Waals surface area (Å²) in [6.07, 6.45) is 1.77. The Morgan fingerprint density at radius 2 is 2.09 bits per heavy atom. The highest BCUT2D eigenvalue weighted by Crippen LogP contribution is 2.23. The Labute approximate surface area is 135 Å². The van der Waals surface area contributed by atoms with E-state index in [0.29, 0.717) is 36.6 Å². The van der Waals surface area contributed by atoms with Crippen molar-refractivity contribution >= 4 is 17.3 Å². The molecule has 4 nitrogen and oxygen atoms in total. The number of hydrogen-bond acceptors (Lipinski definition) is 3. The molecule has 0 aliphatic heterocycles. The molecule has 0 saturated carbocycles. The molecular formula is C18H21FN2O2. The largest absolute Gasteiger partial charge is 0.491 e. The molecule has 122 valence electrons. The molecule has 2 aromatic rings. The summed E-state index contributed by atoms with van der Waals surface area (Å²) in [6, 6.07) is 11.4. The Morgan fingerprint density at radius 1 is 1.26 bits per heavy atom. The number of halogens is 1. The number of nitrogen functional groups attached to an aromatic ring is 1. The highest BCUT2D eigenvalue weighted by Gasteiger charge is 2.06. The summed E-state index contributed by atoms with van der Waals surface area (Å²) < 4.78 is 18.6. The Balaban J connectivity index is 1.87. The molecule has 0 radical (unpaired) electrons. The van der Waals surface area contributed by atoms with Gasteiger partial charge in [-0.2, -0.15) is 0 Å². The average Bonchev–Trinajstić information content (AvgIpc) is 2.52. The van der Waals surface area contributed by atoms with Gasteiger partial charge in [0.05, 0.1) is 12.3 Å². The fourth-order valence-electron chi connectivity index (χ4n) is 2.14. The first-order chi connectivity index (χ1) is 11.1. The third-order valence-corrected chi connectivity index (χ3v) is 3.28. The molecular weight excluding hydrogens is 295 g/mol. The van der Waals surface area contributed by atoms with E-state index < -0.39 is 0 Å². The second-order valence-corrected chi connectivity index (χ2v) is 5.28. The Kier molecular flexibility index (Phi) is 5.97. The first kappa shape index (κ1) is 16.8. The number of anilines is 2. The van der Waals surface area contributed by atoms with Gasteiger partial charge in [0.2, 0.25) is 5.91 Å². The van der Waals surface area contributed by atoms with E-state index in [1.54, 1.807) is 12.1 Å². The Hall–Kier alpha value is -2.56. The van der Waals surface area contributed by atoms with Crippen molar-refractivity contribution < 1.29 is 13.9 Å². The second kappa shape index (κ2) is 8.17. The van der Waals surface area contributed by atoms with E-state index in [2.05, 4.69) is 5.32 Å². The van der Waals surface area contributed by atoms with Gasteiger partial charge < -0.3 is 15.8 Å². The second-order valence-electron chi connectivity index (χ2n) is 5.28. The third-order valence-electron chi connectivity index (χ3n) is 3.28. The van der Waals surface area contributed by atoms with Crippen LogP contribution in [0.3, 0.4) is 0 Å². The summed E-state index contributed by atoms with van der Waals surface area (Å²) in [4.78, 5) is 11.9. The van der Waals surface area contributed by atoms with Crippen LogP contribution in [0.2, 0.25) is 0 Å². The van der Waals surface area contributed by atoms with E-state index in [0.717, 1.165) is 12.0 Å². The van der Waals surface area contributed by atoms with Crippen LogP contribution < -0.4 is 15.8 Å². The minimum absolute atomic E-state index is 0.166. The lowest BCUT2D eigenvalue weighted by Gasteiger charge is -2.10. The topological polar surface area (TPSA) is 64.3 Å². The van der Waals surface area contributed by atoms with Crippen LogP contribution in [-0.4, -0.2) is 12.5 Å². The van der Waals surface area contributed by atoms with Crippen LogP contribution in [0.5, 0.6) is 5.75 Å². The SMILES string of the molecule is CCCOc1ccc(CCC(=O)Nc2cccc(F)c2)cc1N. The van der Waals surface area contributed by atoms with Gasteiger partial charge in [-0.25, -0.2) is 4.39 Å². The third kappa shape index (κ3) is 5.29. The number of carbonyl (C=O) groups is 1. The van der Waals surface area contributed by atoms with Gasteiger partial charge in [-0.3, -0.25) is 4.79 Å². The van der Waals surface area contributed by atoms with Gasteiger partial charge in [0, 0.05) is 12.1 Å². The zero-order chi connectivity index (χ0) is 16.7. The number of rotatable bonds is 7. The molecule has 0 bridgehead atoms. The van der Waals surface area contributed by atoms with Crippen molar-refractivity contribution in [3.8, 4) is 5.75 Å². The summed E-state index contributed by atoms with van der Waals surface area (Å²) in [7, 11) is 0. The highest BCUT2D eigenvalue weighted by molar-refractivity contribution is 5.90. The summed E-state index contributed by atoms with van der Waals surface area (Å²) in [5.74, 6) is 0.124. The van der Waals surface area contributed by atoms with Gasteiger partial charge in [0.15, 0.2) is 0 Å². The molecule has 3 N–H and O–H groups in total. The van der Waals surface area contributed by atoms with Crippen LogP contribution in [0.1, 0.15) is 25.3 Å². The number of carbonyl (C=O) groups excluding carboxylic acids is 1. The molecule has 5 heteroatoms. The quantitative estimate of drug-likeness (QED) is 0.764. The fourth-order valence-corrected chi connectivity index (χ4v) is 2.14. The van der Waals surface area contributed by atoms with Gasteiger partial charge in [-0.15, -0.1) is 0 Å². The zero-order valence-corrected chi connectivity index (χ0v) is 13.1. The standard InChI is InChI=1S/C18H21FN2O2/c1-2-10-23-17-8-6-13(11-16(17)20)7-9-18(22)21-15-5-3-4-14(19)12-15/h3-6,8,11-12H,2,7,9-10,20H2,1H3,(H,21,22). The zero-order valence-electron chi connectivity index (χ0n) is 13.1. The molecule has 0 aromatic heterocycles. The number of amides is 1. The maximum absolute atomic E-state index is 13.1. The lowest BCUT2D eigenvalue weighted by molar-refractivity contribution is -0.116. The summed E-state index contributed by atoms with van der Waals surface area (Å²) in [5, 5.41) is 2.67. The number of hydrogen-bond donors (Lipinski definition) is 2. The molecule has 0 heterocycles. The van der Waals surface area contributed by atoms with Crippen LogP contribution in [-0.2, 0) is 11.2 Å². The molecule has 2 aromatic carbocycles. The summed E-state index contributed by atoms with van der Waals surface area (Å²) >= 11 is 0. The fraction of sp³-hybridized carbons (Fsp3) is 0.278. The number of nitrogens with one attached hydrogen (secondary N) is 1. The minimum atomic E-state index is -0.377. The molecule has 1 amide bonds. The highest BCUT2D eigenvalue weighted by atomic mass is 19.1. The first-order valence-electron chi connectivity index (χ1n) is 7.65. The lowest BCUT2D eigenvalue weighted by atomic mass is 10.1. The predicted octanol–water partition coefficient (Wildman–Crippen LogP) is 3.77. The van der Waals surface area contributed by atoms with Crippen molar-refractivity contribution in [1.29, 1.82) is 0 Å². The predicted molar refractivity (Wildman–Crippen MR) is 90.0 cm³/mol. The van der Waals surface area contributed by atoms with Crippen molar-refractivity contribution in [1.82, 2.24) is 0 Å². The molecule has 0 unspecified atom stereocenters. The van der Waals surface area contributed by atoms with Crippen LogP contribution in [0.25, 0.3) is 0 Å². The van der Waals surface area contributed by atoms with Crippen LogP contribution in [0, 0.1) is 5.82 Å². The van der Waals surface area contributed by atoms with Crippen LogP contribution in [0.15, 0.2) is 42.5 Å². The smallest absolute Gasteiger partial charge is 0.224 e. The molecule has 0 aliphatic carbocycles. The molecule has 2 rings (SSSR count). The summed E-state index contributed by atoms with van der Waals surface area (Å²) in [5.41, 5.74) is 7.93. The minimum Gasteiger partial charge on any atom is -0.491 e. The van der Waals surface area contributed by atoms with E-state index in [-0.39, 0.29) is 11.7 Å². The van der Waals surface area contributed by atoms with Crippen molar-refractivity contribution in [3.05, 3.63) is 53.8 Å². The van der Waals surface area contributed by atoms with Crippen molar-refractivity contribution in [2.75, 3.05) is 17.7 Å². The molecule has 0 spiro atoms. The lowest BCUT2D eigenvalue weighted by Crippen LogP contribution is -2.12. The van der Waals surface area contributed by atoms with Gasteiger partial charge in [-0.1, -0.05) is 19.1 Å². The van der Waals surface area contributed by atoms with E-state index in [9.17, 15) is 9.18 Å². The summed E-state index contributed by atoms with van der Waals surface area (Å²) in [6.45, 7) is 2.65. The van der Waals surface area contributed by atoms with Crippen molar-refractivity contribution in [3.63, 3.8) is 0 Å². The molecule has 0 atom stereocenters. The van der Waals surface area contributed by atoms with Gasteiger partial charge in [0.1, 0.15) is 11.6 Å². The van der Waals surface area contributed by atoms with E-state index in [1.807, 2.05) is 25.1 Å². The van der Waals surface area contributed by atoms with E-state index in [4.69, 9.17) is 10.5 Å². The van der Waals surface area contributed by atoms with Gasteiger partial charge in [-0.05, 0) is 48.7 Å². The normalized spacial score (nSPS) is 10.3. The van der Waals surface area contributed by atoms with Gasteiger partial charge in [0.25, 0.3) is 0 Å². The first-order valence-corrected chi connectivity index (χ1v) is 7.65. The monoisotopic (exact) mass is 316 g/mol.